The summed E-state index contributed by atoms with van der Waals surface area (Å²) in [5, 5.41) is 14.2. The number of hydrogen-bond acceptors (Lipinski definition) is 5. The molecule has 18 heavy (non-hydrogen) atoms. The van der Waals surface area contributed by atoms with Gasteiger partial charge in [-0.2, -0.15) is 0 Å². The molecular weight excluding hydrogens is 232 g/mol. The zero-order chi connectivity index (χ0) is 13.1. The standard InChI is InChI=1S/C12H18N4O2/c1-8(9-5-6-9)7-14-10-3-2-4-11(15-13)12(10)16(17)18/h2-4,8-9,14-15H,5-7,13H2,1H3. The quantitative estimate of drug-likeness (QED) is 0.409. The van der Waals surface area contributed by atoms with Crippen LogP contribution in [0.2, 0.25) is 0 Å². The first-order chi connectivity index (χ1) is 8.63. The molecule has 0 aliphatic heterocycles. The Labute approximate surface area is 106 Å². The molecule has 1 aliphatic carbocycles. The van der Waals surface area contributed by atoms with Crippen LogP contribution in [-0.4, -0.2) is 11.5 Å². The minimum absolute atomic E-state index is 0.00277. The summed E-state index contributed by atoms with van der Waals surface area (Å²) >= 11 is 0. The van der Waals surface area contributed by atoms with Crippen LogP contribution in [0.4, 0.5) is 17.1 Å². The molecule has 1 atom stereocenters. The SMILES string of the molecule is CC(CNc1cccc(NN)c1[N+](=O)[O-])C1CC1. The van der Waals surface area contributed by atoms with E-state index in [-0.39, 0.29) is 5.69 Å². The molecule has 2 rings (SSSR count). The molecule has 0 bridgehead atoms. The Morgan fingerprint density at radius 2 is 2.17 bits per heavy atom. The largest absolute Gasteiger partial charge is 0.379 e. The van der Waals surface area contributed by atoms with Crippen LogP contribution in [-0.2, 0) is 0 Å². The van der Waals surface area contributed by atoms with Crippen molar-refractivity contribution in [1.29, 1.82) is 0 Å². The van der Waals surface area contributed by atoms with Crippen LogP contribution < -0.4 is 16.6 Å². The molecule has 0 heterocycles. The molecule has 1 fully saturated rings. The zero-order valence-corrected chi connectivity index (χ0v) is 10.3. The lowest BCUT2D eigenvalue weighted by molar-refractivity contribution is -0.383. The average Bonchev–Trinajstić information content (AvgIpc) is 3.19. The van der Waals surface area contributed by atoms with Gasteiger partial charge in [0.25, 0.3) is 0 Å². The molecule has 6 nitrogen and oxygen atoms in total. The molecule has 0 spiro atoms. The van der Waals surface area contributed by atoms with E-state index in [0.29, 0.717) is 17.3 Å². The highest BCUT2D eigenvalue weighted by Crippen LogP contribution is 2.37. The van der Waals surface area contributed by atoms with Crippen LogP contribution in [0.5, 0.6) is 0 Å². The number of anilines is 2. The molecule has 0 radical (unpaired) electrons. The topological polar surface area (TPSA) is 93.2 Å². The number of hydrazine groups is 1. The number of nitrogen functional groups attached to an aromatic ring is 1. The van der Waals surface area contributed by atoms with E-state index in [9.17, 15) is 10.1 Å². The van der Waals surface area contributed by atoms with E-state index in [2.05, 4.69) is 17.7 Å². The van der Waals surface area contributed by atoms with Gasteiger partial charge < -0.3 is 10.7 Å². The normalized spacial score (nSPS) is 16.1. The number of benzene rings is 1. The number of nitrogens with zero attached hydrogens (tertiary/aromatic N) is 1. The average molecular weight is 250 g/mol. The molecular formula is C12H18N4O2. The van der Waals surface area contributed by atoms with Crippen molar-refractivity contribution in [2.45, 2.75) is 19.8 Å². The van der Waals surface area contributed by atoms with Gasteiger partial charge in [0.1, 0.15) is 11.4 Å². The van der Waals surface area contributed by atoms with Crippen LogP contribution >= 0.6 is 0 Å². The van der Waals surface area contributed by atoms with Gasteiger partial charge in [0, 0.05) is 6.54 Å². The fourth-order valence-electron chi connectivity index (χ4n) is 2.10. The van der Waals surface area contributed by atoms with Crippen LogP contribution in [0, 0.1) is 22.0 Å². The Hall–Kier alpha value is -1.82. The van der Waals surface area contributed by atoms with E-state index in [1.165, 1.54) is 12.8 Å². The summed E-state index contributed by atoms with van der Waals surface area (Å²) in [5.41, 5.74) is 3.20. The van der Waals surface area contributed by atoms with E-state index >= 15 is 0 Å². The van der Waals surface area contributed by atoms with Crippen molar-refractivity contribution >= 4 is 17.1 Å². The van der Waals surface area contributed by atoms with Gasteiger partial charge >= 0.3 is 5.69 Å². The first kappa shape index (κ1) is 12.6. The third kappa shape index (κ3) is 2.70. The number of nitro groups is 1. The molecule has 6 heteroatoms. The van der Waals surface area contributed by atoms with Crippen molar-refractivity contribution in [3.63, 3.8) is 0 Å². The van der Waals surface area contributed by atoms with Gasteiger partial charge in [-0.3, -0.25) is 16.0 Å². The highest BCUT2D eigenvalue weighted by atomic mass is 16.6. The molecule has 98 valence electrons. The van der Waals surface area contributed by atoms with Gasteiger partial charge in [-0.1, -0.05) is 13.0 Å². The number of nitrogens with two attached hydrogens (primary N) is 1. The van der Waals surface area contributed by atoms with Crippen molar-refractivity contribution in [3.8, 4) is 0 Å². The van der Waals surface area contributed by atoms with Crippen molar-refractivity contribution in [1.82, 2.24) is 0 Å². The Bertz CT molecular complexity index is 446. The Morgan fingerprint density at radius 1 is 1.50 bits per heavy atom. The Balaban J connectivity index is 2.12. The van der Waals surface area contributed by atoms with Gasteiger partial charge in [0.05, 0.1) is 4.92 Å². The van der Waals surface area contributed by atoms with Gasteiger partial charge in [0.15, 0.2) is 0 Å². The summed E-state index contributed by atoms with van der Waals surface area (Å²) < 4.78 is 0. The third-order valence-electron chi connectivity index (χ3n) is 3.42. The summed E-state index contributed by atoms with van der Waals surface area (Å²) in [6.45, 7) is 2.92. The maximum absolute atomic E-state index is 11.1. The lowest BCUT2D eigenvalue weighted by atomic mass is 10.1. The Kier molecular flexibility index (Phi) is 3.66. The first-order valence-corrected chi connectivity index (χ1v) is 6.11. The molecule has 4 N–H and O–H groups in total. The summed E-state index contributed by atoms with van der Waals surface area (Å²) in [7, 11) is 0. The number of hydrogen-bond donors (Lipinski definition) is 3. The van der Waals surface area contributed by atoms with Crippen LogP contribution in [0.15, 0.2) is 18.2 Å². The number of nitrogens with one attached hydrogen (secondary N) is 2. The van der Waals surface area contributed by atoms with E-state index in [1.54, 1.807) is 18.2 Å². The summed E-state index contributed by atoms with van der Waals surface area (Å²) in [6, 6.07) is 5.04. The predicted octanol–water partition coefficient (Wildman–Crippen LogP) is 2.34. The molecule has 0 saturated heterocycles. The van der Waals surface area contributed by atoms with Crippen molar-refractivity contribution in [2.75, 3.05) is 17.3 Å². The summed E-state index contributed by atoms with van der Waals surface area (Å²) in [6.07, 6.45) is 2.55. The van der Waals surface area contributed by atoms with Gasteiger partial charge in [0.2, 0.25) is 0 Å². The third-order valence-corrected chi connectivity index (χ3v) is 3.42. The van der Waals surface area contributed by atoms with Crippen molar-refractivity contribution in [3.05, 3.63) is 28.3 Å². The monoisotopic (exact) mass is 250 g/mol. The van der Waals surface area contributed by atoms with Gasteiger partial charge in [-0.05, 0) is 36.8 Å². The first-order valence-electron chi connectivity index (χ1n) is 6.11. The number of para-hydroxylation sites is 1. The highest BCUT2D eigenvalue weighted by molar-refractivity contribution is 5.75. The summed E-state index contributed by atoms with van der Waals surface area (Å²) in [5.74, 6) is 6.60. The fraction of sp³-hybridized carbons (Fsp3) is 0.500. The predicted molar refractivity (Wildman–Crippen MR) is 71.3 cm³/mol. The van der Waals surface area contributed by atoms with Crippen molar-refractivity contribution in [2.24, 2.45) is 17.7 Å². The van der Waals surface area contributed by atoms with Crippen LogP contribution in [0.25, 0.3) is 0 Å². The van der Waals surface area contributed by atoms with Gasteiger partial charge in [-0.15, -0.1) is 0 Å². The second-order valence-electron chi connectivity index (χ2n) is 4.80. The molecule has 1 aromatic rings. The second kappa shape index (κ2) is 5.22. The van der Waals surface area contributed by atoms with Crippen LogP contribution in [0.3, 0.4) is 0 Å². The van der Waals surface area contributed by atoms with Crippen LogP contribution in [0.1, 0.15) is 19.8 Å². The van der Waals surface area contributed by atoms with E-state index in [1.807, 2.05) is 0 Å². The van der Waals surface area contributed by atoms with Gasteiger partial charge in [-0.25, -0.2) is 0 Å². The van der Waals surface area contributed by atoms with E-state index in [0.717, 1.165) is 12.5 Å². The lowest BCUT2D eigenvalue weighted by Gasteiger charge is -2.13. The van der Waals surface area contributed by atoms with E-state index < -0.39 is 4.92 Å². The zero-order valence-electron chi connectivity index (χ0n) is 10.3. The number of nitro benzene ring substituents is 1. The Morgan fingerprint density at radius 3 is 2.72 bits per heavy atom. The highest BCUT2D eigenvalue weighted by Gasteiger charge is 2.28. The molecule has 0 aromatic heterocycles. The fourth-order valence-corrected chi connectivity index (χ4v) is 2.10. The minimum Gasteiger partial charge on any atom is -0.379 e. The molecule has 1 saturated carbocycles. The molecule has 1 aromatic carbocycles. The molecule has 1 aliphatic rings. The second-order valence-corrected chi connectivity index (χ2v) is 4.80. The summed E-state index contributed by atoms with van der Waals surface area (Å²) in [4.78, 5) is 10.6. The maximum Gasteiger partial charge on any atom is 0.316 e. The van der Waals surface area contributed by atoms with E-state index in [4.69, 9.17) is 5.84 Å². The number of rotatable bonds is 6. The molecule has 1 unspecified atom stereocenters. The lowest BCUT2D eigenvalue weighted by Crippen LogP contribution is -2.15. The smallest absolute Gasteiger partial charge is 0.316 e. The minimum atomic E-state index is -0.417. The molecule has 0 amide bonds. The maximum atomic E-state index is 11.1. The van der Waals surface area contributed by atoms with Crippen molar-refractivity contribution < 1.29 is 4.92 Å².